The van der Waals surface area contributed by atoms with Crippen LogP contribution in [0.15, 0.2) is 76.1 Å². The third-order valence-electron chi connectivity index (χ3n) is 5.48. The zero-order valence-electron chi connectivity index (χ0n) is 20.7. The number of anilines is 1. The maximum Gasteiger partial charge on any atom is 0.335 e. The molecule has 3 amide bonds. The Morgan fingerprint density at radius 2 is 1.74 bits per heavy atom. The van der Waals surface area contributed by atoms with E-state index in [0.717, 1.165) is 26.7 Å². The molecule has 3 aromatic rings. The van der Waals surface area contributed by atoms with Gasteiger partial charge in [-0.15, -0.1) is 0 Å². The molecule has 0 bridgehead atoms. The average molecular weight is 611 g/mol. The van der Waals surface area contributed by atoms with Gasteiger partial charge in [-0.05, 0) is 84.9 Å². The quantitative estimate of drug-likeness (QED) is 0.276. The van der Waals surface area contributed by atoms with E-state index in [9.17, 15) is 19.2 Å². The number of amides is 3. The van der Waals surface area contributed by atoms with Crippen molar-refractivity contribution < 1.29 is 33.8 Å². The number of carboxylic acid groups (broad SMARTS) is 1. The summed E-state index contributed by atoms with van der Waals surface area (Å²) in [5.74, 6) is -0.982. The SMILES string of the molecule is CCOc1ccc(NC(=O)CN2C(=O)S/C(=C/c3cc(Br)ccc3OCc3ccc(C(=O)O)cc3)C2=O)cc1. The van der Waals surface area contributed by atoms with Crippen molar-refractivity contribution in [3.8, 4) is 11.5 Å². The van der Waals surface area contributed by atoms with Crippen LogP contribution in [0.25, 0.3) is 6.08 Å². The highest BCUT2D eigenvalue weighted by Crippen LogP contribution is 2.35. The standard InChI is InChI=1S/C28H23BrN2O7S/c1-2-37-22-10-8-21(9-11-22)30-25(32)15-31-26(33)24(39-28(31)36)14-19-13-20(29)7-12-23(19)38-16-17-3-5-18(6-4-17)27(34)35/h3-14H,2,15-16H2,1H3,(H,30,32)(H,34,35)/b24-14+. The van der Waals surface area contributed by atoms with Gasteiger partial charge in [0.05, 0.1) is 17.1 Å². The Balaban J connectivity index is 1.43. The van der Waals surface area contributed by atoms with Gasteiger partial charge in [0.25, 0.3) is 11.1 Å². The van der Waals surface area contributed by atoms with Crippen LogP contribution in [0, 0.1) is 0 Å². The van der Waals surface area contributed by atoms with E-state index in [1.165, 1.54) is 12.1 Å². The molecule has 1 aliphatic rings. The number of nitrogens with one attached hydrogen (secondary N) is 1. The largest absolute Gasteiger partial charge is 0.494 e. The Bertz CT molecular complexity index is 1440. The van der Waals surface area contributed by atoms with Gasteiger partial charge in [-0.2, -0.15) is 0 Å². The van der Waals surface area contributed by atoms with Gasteiger partial charge >= 0.3 is 5.97 Å². The van der Waals surface area contributed by atoms with Gasteiger partial charge in [-0.25, -0.2) is 4.79 Å². The fourth-order valence-electron chi connectivity index (χ4n) is 3.59. The molecule has 1 heterocycles. The molecule has 39 heavy (non-hydrogen) atoms. The highest BCUT2D eigenvalue weighted by atomic mass is 79.9. The van der Waals surface area contributed by atoms with E-state index in [0.29, 0.717) is 29.4 Å². The first kappa shape index (κ1) is 27.9. The maximum absolute atomic E-state index is 13.0. The third kappa shape index (κ3) is 7.27. The molecule has 11 heteroatoms. The molecule has 3 aromatic carbocycles. The second-order valence-electron chi connectivity index (χ2n) is 8.25. The Morgan fingerprint density at radius 1 is 1.03 bits per heavy atom. The van der Waals surface area contributed by atoms with Crippen LogP contribution in [0.4, 0.5) is 10.5 Å². The lowest BCUT2D eigenvalue weighted by atomic mass is 10.1. The highest BCUT2D eigenvalue weighted by Gasteiger charge is 2.36. The third-order valence-corrected chi connectivity index (χ3v) is 6.88. The molecule has 0 aliphatic carbocycles. The molecule has 0 radical (unpaired) electrons. The van der Waals surface area contributed by atoms with Crippen LogP contribution in [0.5, 0.6) is 11.5 Å². The van der Waals surface area contributed by atoms with Crippen molar-refractivity contribution in [1.29, 1.82) is 0 Å². The first-order valence-electron chi connectivity index (χ1n) is 11.8. The second-order valence-corrected chi connectivity index (χ2v) is 10.2. The first-order chi connectivity index (χ1) is 18.7. The number of hydrogen-bond donors (Lipinski definition) is 2. The van der Waals surface area contributed by atoms with Gasteiger partial charge in [0.2, 0.25) is 5.91 Å². The summed E-state index contributed by atoms with van der Waals surface area (Å²) < 4.78 is 12.0. The minimum Gasteiger partial charge on any atom is -0.494 e. The van der Waals surface area contributed by atoms with Crippen molar-refractivity contribution >= 4 is 62.5 Å². The maximum atomic E-state index is 13.0. The summed E-state index contributed by atoms with van der Waals surface area (Å²) in [4.78, 5) is 50.2. The van der Waals surface area contributed by atoms with Crippen molar-refractivity contribution in [1.82, 2.24) is 4.90 Å². The van der Waals surface area contributed by atoms with E-state index in [2.05, 4.69) is 21.2 Å². The molecule has 0 atom stereocenters. The van der Waals surface area contributed by atoms with Crippen molar-refractivity contribution in [2.24, 2.45) is 0 Å². The summed E-state index contributed by atoms with van der Waals surface area (Å²) in [6, 6.07) is 18.3. The summed E-state index contributed by atoms with van der Waals surface area (Å²) in [6.07, 6.45) is 1.54. The summed E-state index contributed by atoms with van der Waals surface area (Å²) in [5.41, 5.74) is 2.00. The lowest BCUT2D eigenvalue weighted by Gasteiger charge is -2.13. The number of aromatic carboxylic acids is 1. The average Bonchev–Trinajstić information content (AvgIpc) is 3.17. The lowest BCUT2D eigenvalue weighted by molar-refractivity contribution is -0.127. The first-order valence-corrected chi connectivity index (χ1v) is 13.4. The number of thioether (sulfide) groups is 1. The number of rotatable bonds is 10. The van der Waals surface area contributed by atoms with Crippen LogP contribution < -0.4 is 14.8 Å². The molecule has 0 aromatic heterocycles. The molecular weight excluding hydrogens is 588 g/mol. The van der Waals surface area contributed by atoms with Gasteiger partial charge in [-0.3, -0.25) is 19.3 Å². The van der Waals surface area contributed by atoms with Crippen LogP contribution in [0.2, 0.25) is 0 Å². The minimum absolute atomic E-state index is 0.155. The van der Waals surface area contributed by atoms with Crippen molar-refractivity contribution in [2.45, 2.75) is 13.5 Å². The molecule has 2 N–H and O–H groups in total. The van der Waals surface area contributed by atoms with Crippen LogP contribution in [0.3, 0.4) is 0 Å². The zero-order valence-corrected chi connectivity index (χ0v) is 23.1. The van der Waals surface area contributed by atoms with Crippen molar-refractivity contribution in [2.75, 3.05) is 18.5 Å². The number of halogens is 1. The van der Waals surface area contributed by atoms with E-state index >= 15 is 0 Å². The summed E-state index contributed by atoms with van der Waals surface area (Å²) in [7, 11) is 0. The fourth-order valence-corrected chi connectivity index (χ4v) is 4.80. The Morgan fingerprint density at radius 3 is 2.41 bits per heavy atom. The molecule has 1 fully saturated rings. The van der Waals surface area contributed by atoms with E-state index in [1.807, 2.05) is 6.92 Å². The highest BCUT2D eigenvalue weighted by molar-refractivity contribution is 9.10. The van der Waals surface area contributed by atoms with Gasteiger partial charge < -0.3 is 19.9 Å². The van der Waals surface area contributed by atoms with Crippen LogP contribution in [-0.4, -0.2) is 46.2 Å². The monoisotopic (exact) mass is 610 g/mol. The number of nitrogens with zero attached hydrogens (tertiary/aromatic N) is 1. The predicted octanol–water partition coefficient (Wildman–Crippen LogP) is 5.80. The van der Waals surface area contributed by atoms with E-state index in [4.69, 9.17) is 14.6 Å². The smallest absolute Gasteiger partial charge is 0.335 e. The normalized spacial score (nSPS) is 14.0. The van der Waals surface area contributed by atoms with Crippen molar-refractivity contribution in [3.05, 3.63) is 92.8 Å². The van der Waals surface area contributed by atoms with E-state index in [1.54, 1.807) is 60.7 Å². The molecule has 4 rings (SSSR count). The topological polar surface area (TPSA) is 122 Å². The number of carbonyl (C=O) groups is 4. The molecule has 0 spiro atoms. The summed E-state index contributed by atoms with van der Waals surface area (Å²) in [6.45, 7) is 2.13. The molecule has 0 saturated carbocycles. The number of ether oxygens (including phenoxy) is 2. The zero-order chi connectivity index (χ0) is 27.9. The number of hydrogen-bond acceptors (Lipinski definition) is 7. The number of carboxylic acids is 1. The number of carbonyl (C=O) groups excluding carboxylic acids is 3. The van der Waals surface area contributed by atoms with Crippen LogP contribution in [-0.2, 0) is 16.2 Å². The summed E-state index contributed by atoms with van der Waals surface area (Å²) >= 11 is 4.15. The minimum atomic E-state index is -1.01. The Kier molecular flexibility index (Phi) is 9.05. The fraction of sp³-hybridized carbons (Fsp3) is 0.143. The van der Waals surface area contributed by atoms with Crippen LogP contribution in [0.1, 0.15) is 28.4 Å². The summed E-state index contributed by atoms with van der Waals surface area (Å²) in [5, 5.41) is 11.2. The molecule has 9 nitrogen and oxygen atoms in total. The van der Waals surface area contributed by atoms with Gasteiger partial charge in [0, 0.05) is 15.7 Å². The van der Waals surface area contributed by atoms with Gasteiger partial charge in [-0.1, -0.05) is 28.1 Å². The number of benzene rings is 3. The molecule has 1 saturated heterocycles. The van der Waals surface area contributed by atoms with E-state index in [-0.39, 0.29) is 17.1 Å². The number of imide groups is 1. The van der Waals surface area contributed by atoms with Crippen molar-refractivity contribution in [3.63, 3.8) is 0 Å². The molecule has 1 aliphatic heterocycles. The van der Waals surface area contributed by atoms with Crippen LogP contribution >= 0.6 is 27.7 Å². The lowest BCUT2D eigenvalue weighted by Crippen LogP contribution is -2.36. The Hall–Kier alpha value is -4.09. The molecule has 200 valence electrons. The second kappa shape index (κ2) is 12.6. The van der Waals surface area contributed by atoms with E-state index < -0.39 is 29.6 Å². The predicted molar refractivity (Wildman–Crippen MR) is 151 cm³/mol. The van der Waals surface area contributed by atoms with Gasteiger partial charge in [0.15, 0.2) is 0 Å². The molecule has 0 unspecified atom stereocenters. The van der Waals surface area contributed by atoms with Gasteiger partial charge in [0.1, 0.15) is 24.7 Å². The Labute approximate surface area is 236 Å². The molecular formula is C28H23BrN2O7S.